The number of carbonyl (C=O) groups is 2. The first-order valence-corrected chi connectivity index (χ1v) is 16.2. The quantitative estimate of drug-likeness (QED) is 0.208. The van der Waals surface area contributed by atoms with E-state index in [-0.39, 0.29) is 34.5 Å². The average molecular weight is 632 g/mol. The molecule has 0 heterocycles. The van der Waals surface area contributed by atoms with Gasteiger partial charge in [0.15, 0.2) is 0 Å². The molecule has 2 amide bonds. The van der Waals surface area contributed by atoms with Gasteiger partial charge in [-0.3, -0.25) is 13.9 Å². The topological polar surface area (TPSA) is 86.8 Å². The minimum atomic E-state index is -4.22. The Morgan fingerprint density at radius 2 is 1.41 bits per heavy atom. The van der Waals surface area contributed by atoms with Crippen molar-refractivity contribution in [2.45, 2.75) is 57.1 Å². The van der Waals surface area contributed by atoms with Crippen LogP contribution in [0.5, 0.6) is 0 Å². The van der Waals surface area contributed by atoms with E-state index < -0.39 is 34.1 Å². The minimum Gasteiger partial charge on any atom is -0.350 e. The molecule has 4 aromatic rings. The third-order valence-electron chi connectivity index (χ3n) is 6.94. The maximum atomic E-state index is 14.5. The van der Waals surface area contributed by atoms with Crippen LogP contribution in [0.1, 0.15) is 37.5 Å². The molecular formula is C35H38ClN3O4S. The Morgan fingerprint density at radius 3 is 2.02 bits per heavy atom. The van der Waals surface area contributed by atoms with Crippen molar-refractivity contribution in [3.05, 3.63) is 131 Å². The number of benzene rings is 4. The molecule has 44 heavy (non-hydrogen) atoms. The lowest BCUT2D eigenvalue weighted by molar-refractivity contribution is -0.140. The largest absolute Gasteiger partial charge is 0.350 e. The van der Waals surface area contributed by atoms with E-state index in [1.807, 2.05) is 82.3 Å². The van der Waals surface area contributed by atoms with Crippen LogP contribution < -0.4 is 9.62 Å². The Balaban J connectivity index is 1.82. The van der Waals surface area contributed by atoms with Crippen molar-refractivity contribution < 1.29 is 18.0 Å². The molecule has 0 saturated carbocycles. The highest BCUT2D eigenvalue weighted by atomic mass is 35.5. The Hall–Kier alpha value is -4.14. The SMILES string of the molecule is Cc1cccc(CN(C(=O)CN(c2ccccc2Cl)S(=O)(=O)c2ccccc2)[C@H](Cc2ccccc2)C(=O)NC(C)(C)C)c1. The van der Waals surface area contributed by atoms with Crippen molar-refractivity contribution >= 4 is 39.1 Å². The van der Waals surface area contributed by atoms with E-state index in [4.69, 9.17) is 11.6 Å². The Kier molecular flexibility index (Phi) is 10.5. The van der Waals surface area contributed by atoms with Crippen molar-refractivity contribution in [2.24, 2.45) is 0 Å². The lowest BCUT2D eigenvalue weighted by Crippen LogP contribution is -2.56. The van der Waals surface area contributed by atoms with E-state index >= 15 is 0 Å². The monoisotopic (exact) mass is 631 g/mol. The average Bonchev–Trinajstić information content (AvgIpc) is 2.98. The van der Waals surface area contributed by atoms with Gasteiger partial charge in [0, 0.05) is 18.5 Å². The van der Waals surface area contributed by atoms with Crippen LogP contribution in [0.25, 0.3) is 0 Å². The third-order valence-corrected chi connectivity index (χ3v) is 9.03. The third kappa shape index (κ3) is 8.49. The van der Waals surface area contributed by atoms with Crippen LogP contribution in [-0.2, 0) is 32.6 Å². The van der Waals surface area contributed by atoms with Gasteiger partial charge in [0.25, 0.3) is 10.0 Å². The molecule has 0 radical (unpaired) electrons. The predicted octanol–water partition coefficient (Wildman–Crippen LogP) is 6.40. The van der Waals surface area contributed by atoms with Crippen LogP contribution in [0.4, 0.5) is 5.69 Å². The zero-order chi connectivity index (χ0) is 31.9. The molecule has 1 atom stereocenters. The van der Waals surface area contributed by atoms with Gasteiger partial charge in [0.05, 0.1) is 15.6 Å². The summed E-state index contributed by atoms with van der Waals surface area (Å²) in [4.78, 5) is 29.9. The lowest BCUT2D eigenvalue weighted by Gasteiger charge is -2.35. The molecule has 7 nitrogen and oxygen atoms in total. The fourth-order valence-corrected chi connectivity index (χ4v) is 6.64. The van der Waals surface area contributed by atoms with E-state index in [1.165, 1.54) is 17.0 Å². The van der Waals surface area contributed by atoms with Crippen LogP contribution in [-0.4, -0.2) is 43.3 Å². The number of hydrogen-bond donors (Lipinski definition) is 1. The van der Waals surface area contributed by atoms with Crippen molar-refractivity contribution in [1.82, 2.24) is 10.2 Å². The van der Waals surface area contributed by atoms with E-state index in [0.29, 0.717) is 0 Å². The van der Waals surface area contributed by atoms with E-state index in [0.717, 1.165) is 21.0 Å². The molecule has 0 aliphatic heterocycles. The van der Waals surface area contributed by atoms with Crippen LogP contribution in [0, 0.1) is 6.92 Å². The number of amides is 2. The number of anilines is 1. The zero-order valence-electron chi connectivity index (χ0n) is 25.4. The van der Waals surface area contributed by atoms with Crippen molar-refractivity contribution in [1.29, 1.82) is 0 Å². The lowest BCUT2D eigenvalue weighted by atomic mass is 10.0. The maximum absolute atomic E-state index is 14.5. The molecule has 1 N–H and O–H groups in total. The van der Waals surface area contributed by atoms with Gasteiger partial charge in [0.2, 0.25) is 11.8 Å². The minimum absolute atomic E-state index is 0.0178. The molecule has 0 aliphatic carbocycles. The molecule has 0 fully saturated rings. The van der Waals surface area contributed by atoms with Crippen molar-refractivity contribution in [2.75, 3.05) is 10.8 Å². The number of nitrogens with zero attached hydrogens (tertiary/aromatic N) is 2. The highest BCUT2D eigenvalue weighted by molar-refractivity contribution is 7.92. The second kappa shape index (κ2) is 14.1. The molecule has 230 valence electrons. The molecule has 0 aliphatic rings. The van der Waals surface area contributed by atoms with Gasteiger partial charge in [-0.25, -0.2) is 8.42 Å². The summed E-state index contributed by atoms with van der Waals surface area (Å²) >= 11 is 6.52. The number of halogens is 1. The highest BCUT2D eigenvalue weighted by Crippen LogP contribution is 2.31. The summed E-state index contributed by atoms with van der Waals surface area (Å²) in [6, 6.07) is 30.6. The number of rotatable bonds is 11. The highest BCUT2D eigenvalue weighted by Gasteiger charge is 2.36. The number of para-hydroxylation sites is 1. The van der Waals surface area contributed by atoms with Crippen molar-refractivity contribution in [3.63, 3.8) is 0 Å². The van der Waals surface area contributed by atoms with Gasteiger partial charge in [-0.2, -0.15) is 0 Å². The summed E-state index contributed by atoms with van der Waals surface area (Å²) in [5, 5.41) is 3.21. The molecule has 0 saturated heterocycles. The summed E-state index contributed by atoms with van der Waals surface area (Å²) in [5.41, 5.74) is 2.28. The Morgan fingerprint density at radius 1 is 0.818 bits per heavy atom. The van der Waals surface area contributed by atoms with Crippen LogP contribution >= 0.6 is 11.6 Å². The van der Waals surface area contributed by atoms with E-state index in [1.54, 1.807) is 42.5 Å². The predicted molar refractivity (Wildman–Crippen MR) is 176 cm³/mol. The van der Waals surface area contributed by atoms with Gasteiger partial charge < -0.3 is 10.2 Å². The van der Waals surface area contributed by atoms with E-state index in [9.17, 15) is 18.0 Å². The van der Waals surface area contributed by atoms with Crippen molar-refractivity contribution in [3.8, 4) is 0 Å². The van der Waals surface area contributed by atoms with Gasteiger partial charge in [-0.05, 0) is 63.1 Å². The summed E-state index contributed by atoms with van der Waals surface area (Å²) < 4.78 is 29.1. The molecule has 4 rings (SSSR count). The summed E-state index contributed by atoms with van der Waals surface area (Å²) in [7, 11) is -4.22. The molecule has 4 aromatic carbocycles. The molecular weight excluding hydrogens is 594 g/mol. The summed E-state index contributed by atoms with van der Waals surface area (Å²) in [6.07, 6.45) is 0.234. The standard InChI is InChI=1S/C35H38ClN3O4S/c1-26-14-13-17-28(22-26)24-38(32(34(41)37-35(2,3)4)23-27-15-7-5-8-16-27)33(40)25-39(31-21-12-11-20-30(31)36)44(42,43)29-18-9-6-10-19-29/h5-22,32H,23-25H2,1-4H3,(H,37,41)/t32-/m1/s1. The maximum Gasteiger partial charge on any atom is 0.264 e. The van der Waals surface area contributed by atoms with Gasteiger partial charge >= 0.3 is 0 Å². The molecule has 9 heteroatoms. The normalized spacial score (nSPS) is 12.3. The first-order chi connectivity index (χ1) is 20.8. The second-order valence-corrected chi connectivity index (χ2v) is 14.0. The number of sulfonamides is 1. The van der Waals surface area contributed by atoms with Crippen LogP contribution in [0.3, 0.4) is 0 Å². The summed E-state index contributed by atoms with van der Waals surface area (Å²) in [5.74, 6) is -0.881. The van der Waals surface area contributed by atoms with Crippen LogP contribution in [0.2, 0.25) is 5.02 Å². The number of aryl methyl sites for hydroxylation is 1. The number of hydrogen-bond acceptors (Lipinski definition) is 4. The second-order valence-electron chi connectivity index (χ2n) is 11.7. The number of carbonyl (C=O) groups excluding carboxylic acids is 2. The van der Waals surface area contributed by atoms with E-state index in [2.05, 4.69) is 5.32 Å². The molecule has 0 unspecified atom stereocenters. The van der Waals surface area contributed by atoms with Gasteiger partial charge in [0.1, 0.15) is 12.6 Å². The fourth-order valence-electron chi connectivity index (χ4n) is 4.90. The smallest absolute Gasteiger partial charge is 0.264 e. The van der Waals surface area contributed by atoms with Gasteiger partial charge in [-0.1, -0.05) is 102 Å². The fraction of sp³-hybridized carbons (Fsp3) is 0.257. The number of nitrogens with one attached hydrogen (secondary N) is 1. The molecule has 0 aromatic heterocycles. The Labute approximate surface area is 265 Å². The summed E-state index contributed by atoms with van der Waals surface area (Å²) in [6.45, 7) is 7.11. The Bertz CT molecular complexity index is 1690. The first-order valence-electron chi connectivity index (χ1n) is 14.4. The van der Waals surface area contributed by atoms with Crippen LogP contribution in [0.15, 0.2) is 114 Å². The molecule has 0 bridgehead atoms. The van der Waals surface area contributed by atoms with Gasteiger partial charge in [-0.15, -0.1) is 0 Å². The molecule has 0 spiro atoms. The zero-order valence-corrected chi connectivity index (χ0v) is 27.0. The first kappa shape index (κ1) is 32.8.